The summed E-state index contributed by atoms with van der Waals surface area (Å²) in [5, 5.41) is 14.4. The molecule has 1 aromatic heterocycles. The average Bonchev–Trinajstić information content (AvgIpc) is 2.89. The van der Waals surface area contributed by atoms with Gasteiger partial charge in [-0.3, -0.25) is 0 Å². The Morgan fingerprint density at radius 3 is 2.65 bits per heavy atom. The zero-order chi connectivity index (χ0) is 11.9. The zero-order valence-corrected chi connectivity index (χ0v) is 10.0. The van der Waals surface area contributed by atoms with E-state index in [9.17, 15) is 0 Å². The Kier molecular flexibility index (Phi) is 4.07. The van der Waals surface area contributed by atoms with Gasteiger partial charge in [-0.25, -0.2) is 4.68 Å². The minimum Gasteiger partial charge on any atom is -0.385 e. The molecule has 0 amide bonds. The molecule has 0 saturated carbocycles. The van der Waals surface area contributed by atoms with Crippen LogP contribution in [0.25, 0.3) is 5.69 Å². The quantitative estimate of drug-likeness (QED) is 0.775. The minimum absolute atomic E-state index is 0.967. The Morgan fingerprint density at radius 2 is 2.00 bits per heavy atom. The highest BCUT2D eigenvalue weighted by molar-refractivity contribution is 5.48. The summed E-state index contributed by atoms with van der Waals surface area (Å²) in [4.78, 5) is 0. The monoisotopic (exact) mass is 231 g/mol. The number of hydrogen-bond acceptors (Lipinski definition) is 4. The van der Waals surface area contributed by atoms with Crippen LogP contribution < -0.4 is 5.32 Å². The fraction of sp³-hybridized carbons (Fsp3) is 0.417. The lowest BCUT2D eigenvalue weighted by molar-refractivity contribution is 0.743. The van der Waals surface area contributed by atoms with Gasteiger partial charge in [0, 0.05) is 12.2 Å². The number of nitrogens with one attached hydrogen (secondary N) is 1. The van der Waals surface area contributed by atoms with Crippen LogP contribution >= 0.6 is 0 Å². The number of nitrogens with zero attached hydrogens (tertiary/aromatic N) is 4. The molecular formula is C12H17N5. The molecule has 1 aromatic carbocycles. The van der Waals surface area contributed by atoms with E-state index in [0.29, 0.717) is 0 Å². The van der Waals surface area contributed by atoms with Crippen LogP contribution in [0.3, 0.4) is 0 Å². The van der Waals surface area contributed by atoms with E-state index in [4.69, 9.17) is 0 Å². The molecule has 0 radical (unpaired) electrons. The van der Waals surface area contributed by atoms with Gasteiger partial charge in [-0.05, 0) is 41.1 Å². The van der Waals surface area contributed by atoms with Crippen molar-refractivity contribution in [1.29, 1.82) is 0 Å². The molecule has 2 aromatic rings. The predicted molar refractivity (Wildman–Crippen MR) is 67.2 cm³/mol. The Balaban J connectivity index is 1.90. The van der Waals surface area contributed by atoms with Crippen molar-refractivity contribution in [3.8, 4) is 5.69 Å². The van der Waals surface area contributed by atoms with E-state index < -0.39 is 0 Å². The molecule has 0 bridgehead atoms. The second-order valence-electron chi connectivity index (χ2n) is 3.94. The highest BCUT2D eigenvalue weighted by atomic mass is 15.5. The fourth-order valence-corrected chi connectivity index (χ4v) is 1.62. The third kappa shape index (κ3) is 3.27. The smallest absolute Gasteiger partial charge is 0.143 e. The number of unbranched alkanes of at least 4 members (excludes halogenated alkanes) is 2. The highest BCUT2D eigenvalue weighted by Gasteiger charge is 1.97. The first-order chi connectivity index (χ1) is 8.40. The van der Waals surface area contributed by atoms with Crippen LogP contribution in [-0.2, 0) is 0 Å². The summed E-state index contributed by atoms with van der Waals surface area (Å²) < 4.78 is 1.64. The Labute approximate surface area is 101 Å². The Morgan fingerprint density at radius 1 is 1.18 bits per heavy atom. The lowest BCUT2D eigenvalue weighted by atomic mass is 10.2. The van der Waals surface area contributed by atoms with Crippen molar-refractivity contribution in [3.63, 3.8) is 0 Å². The van der Waals surface area contributed by atoms with Crippen LogP contribution in [0.15, 0.2) is 30.6 Å². The summed E-state index contributed by atoms with van der Waals surface area (Å²) in [6.45, 7) is 3.24. The van der Waals surface area contributed by atoms with Crippen LogP contribution in [0.5, 0.6) is 0 Å². The first-order valence-corrected chi connectivity index (χ1v) is 5.97. The number of aromatic nitrogens is 4. The van der Waals surface area contributed by atoms with Crippen molar-refractivity contribution in [3.05, 3.63) is 30.6 Å². The number of rotatable bonds is 6. The highest BCUT2D eigenvalue weighted by Crippen LogP contribution is 2.12. The van der Waals surface area contributed by atoms with Gasteiger partial charge in [-0.1, -0.05) is 19.8 Å². The number of hydrogen-bond donors (Lipinski definition) is 1. The van der Waals surface area contributed by atoms with Gasteiger partial charge in [0.15, 0.2) is 0 Å². The van der Waals surface area contributed by atoms with E-state index in [1.807, 2.05) is 24.3 Å². The first kappa shape index (κ1) is 11.6. The van der Waals surface area contributed by atoms with E-state index in [1.165, 1.54) is 19.3 Å². The Hall–Kier alpha value is -1.91. The maximum atomic E-state index is 3.84. The van der Waals surface area contributed by atoms with E-state index in [1.54, 1.807) is 11.0 Å². The lowest BCUT2D eigenvalue weighted by Gasteiger charge is -2.06. The van der Waals surface area contributed by atoms with Crippen molar-refractivity contribution in [2.75, 3.05) is 11.9 Å². The standard InChI is InChI=1S/C12H17N5/c1-2-3-4-9-13-11-5-7-12(8-6-11)17-10-14-15-16-17/h5-8,10,13H,2-4,9H2,1H3. The molecule has 90 valence electrons. The van der Waals surface area contributed by atoms with E-state index >= 15 is 0 Å². The third-order valence-electron chi connectivity index (χ3n) is 2.59. The normalized spacial score (nSPS) is 10.4. The van der Waals surface area contributed by atoms with Crippen molar-refractivity contribution >= 4 is 5.69 Å². The fourth-order valence-electron chi connectivity index (χ4n) is 1.62. The molecule has 0 aliphatic heterocycles. The molecular weight excluding hydrogens is 214 g/mol. The summed E-state index contributed by atoms with van der Waals surface area (Å²) in [6, 6.07) is 8.09. The zero-order valence-electron chi connectivity index (χ0n) is 10.0. The summed E-state index contributed by atoms with van der Waals surface area (Å²) in [5.74, 6) is 0. The molecule has 5 nitrogen and oxygen atoms in total. The molecule has 0 aliphatic carbocycles. The van der Waals surface area contributed by atoms with Gasteiger partial charge >= 0.3 is 0 Å². The van der Waals surface area contributed by atoms with Gasteiger partial charge in [-0.2, -0.15) is 0 Å². The minimum atomic E-state index is 0.967. The number of anilines is 1. The van der Waals surface area contributed by atoms with Crippen LogP contribution in [0.2, 0.25) is 0 Å². The molecule has 0 fully saturated rings. The molecule has 0 spiro atoms. The second-order valence-corrected chi connectivity index (χ2v) is 3.94. The molecule has 0 atom stereocenters. The van der Waals surface area contributed by atoms with Crippen LogP contribution in [0.4, 0.5) is 5.69 Å². The van der Waals surface area contributed by atoms with Crippen molar-refractivity contribution in [1.82, 2.24) is 20.2 Å². The second kappa shape index (κ2) is 5.98. The summed E-state index contributed by atoms with van der Waals surface area (Å²) in [7, 11) is 0. The summed E-state index contributed by atoms with van der Waals surface area (Å²) >= 11 is 0. The van der Waals surface area contributed by atoms with Gasteiger partial charge < -0.3 is 5.32 Å². The van der Waals surface area contributed by atoms with Crippen LogP contribution in [0, 0.1) is 0 Å². The molecule has 17 heavy (non-hydrogen) atoms. The van der Waals surface area contributed by atoms with E-state index in [2.05, 4.69) is 27.8 Å². The van der Waals surface area contributed by atoms with Gasteiger partial charge in [0.05, 0.1) is 5.69 Å². The predicted octanol–water partition coefficient (Wildman–Crippen LogP) is 2.26. The molecule has 0 saturated heterocycles. The Bertz CT molecular complexity index is 421. The summed E-state index contributed by atoms with van der Waals surface area (Å²) in [6.07, 6.45) is 5.32. The topological polar surface area (TPSA) is 55.6 Å². The van der Waals surface area contributed by atoms with Crippen molar-refractivity contribution in [2.45, 2.75) is 26.2 Å². The van der Waals surface area contributed by atoms with Crippen LogP contribution in [0.1, 0.15) is 26.2 Å². The lowest BCUT2D eigenvalue weighted by Crippen LogP contribution is -2.01. The molecule has 2 rings (SSSR count). The maximum absolute atomic E-state index is 3.84. The van der Waals surface area contributed by atoms with Crippen LogP contribution in [-0.4, -0.2) is 26.8 Å². The SMILES string of the molecule is CCCCCNc1ccc(-n2cnnn2)cc1. The largest absolute Gasteiger partial charge is 0.385 e. The molecule has 0 unspecified atom stereocenters. The van der Waals surface area contributed by atoms with E-state index in [0.717, 1.165) is 17.9 Å². The van der Waals surface area contributed by atoms with Gasteiger partial charge in [0.1, 0.15) is 6.33 Å². The molecule has 1 heterocycles. The number of benzene rings is 1. The van der Waals surface area contributed by atoms with Crippen molar-refractivity contribution < 1.29 is 0 Å². The molecule has 0 aliphatic rings. The van der Waals surface area contributed by atoms with Crippen molar-refractivity contribution in [2.24, 2.45) is 0 Å². The number of tetrazole rings is 1. The third-order valence-corrected chi connectivity index (χ3v) is 2.59. The molecule has 5 heteroatoms. The first-order valence-electron chi connectivity index (χ1n) is 5.97. The van der Waals surface area contributed by atoms with Gasteiger partial charge in [0.25, 0.3) is 0 Å². The van der Waals surface area contributed by atoms with E-state index in [-0.39, 0.29) is 0 Å². The summed E-state index contributed by atoms with van der Waals surface area (Å²) in [5.41, 5.74) is 2.10. The molecule has 1 N–H and O–H groups in total. The maximum Gasteiger partial charge on any atom is 0.143 e. The average molecular weight is 231 g/mol. The van der Waals surface area contributed by atoms with Gasteiger partial charge in [0.2, 0.25) is 0 Å². The van der Waals surface area contributed by atoms with Gasteiger partial charge in [-0.15, -0.1) is 5.10 Å².